The Morgan fingerprint density at radius 3 is 1.59 bits per heavy atom. The number of carbonyl (C=O) groups is 4. The Balaban J connectivity index is 0. The number of carboxylic acid groups (broad SMARTS) is 1. The van der Waals surface area contributed by atoms with E-state index in [2.05, 4.69) is 40.9 Å². The molecule has 0 aliphatic rings. The zero-order valence-electron chi connectivity index (χ0n) is 37.7. The van der Waals surface area contributed by atoms with Gasteiger partial charge in [0, 0.05) is 24.6 Å². The Morgan fingerprint density at radius 1 is 0.730 bits per heavy atom. The molecule has 22 nitrogen and oxygen atoms in total. The summed E-state index contributed by atoms with van der Waals surface area (Å²) in [4.78, 5) is 61.7. The van der Waals surface area contributed by atoms with E-state index in [9.17, 15) is 19.2 Å². The molecule has 0 fully saturated rings. The number of esters is 2. The van der Waals surface area contributed by atoms with E-state index in [1.165, 1.54) is 43.7 Å². The predicted molar refractivity (Wildman–Crippen MR) is 226 cm³/mol. The van der Waals surface area contributed by atoms with Crippen LogP contribution in [0.15, 0.2) is 66.7 Å². The van der Waals surface area contributed by atoms with Gasteiger partial charge in [0.2, 0.25) is 17.6 Å². The number of nitrogen functional groups attached to an aromatic ring is 1. The second-order valence-electron chi connectivity index (χ2n) is 11.5. The van der Waals surface area contributed by atoms with E-state index in [0.29, 0.717) is 65.4 Å². The number of hydrazine groups is 1. The minimum absolute atomic E-state index is 0. The molecule has 0 spiro atoms. The third-order valence-corrected chi connectivity index (χ3v) is 7.04. The third kappa shape index (κ3) is 20.3. The van der Waals surface area contributed by atoms with Gasteiger partial charge < -0.3 is 44.5 Å². The summed E-state index contributed by atoms with van der Waals surface area (Å²) in [6.07, 6.45) is 0.0761. The molecule has 0 amide bonds. The van der Waals surface area contributed by atoms with Crippen molar-refractivity contribution in [2.45, 2.75) is 60.9 Å². The van der Waals surface area contributed by atoms with Crippen molar-refractivity contribution < 1.29 is 77.1 Å². The van der Waals surface area contributed by atoms with Crippen molar-refractivity contribution >= 4 is 29.5 Å². The molecule has 0 bridgehead atoms. The fourth-order valence-electron chi connectivity index (χ4n) is 4.58. The van der Waals surface area contributed by atoms with Gasteiger partial charge in [0.1, 0.15) is 17.6 Å². The summed E-state index contributed by atoms with van der Waals surface area (Å²) < 4.78 is 27.4. The Kier molecular flexibility index (Phi) is 30.1. The number of hydrogen-bond acceptors (Lipinski definition) is 19. The smallest absolute Gasteiger partial charge is 0.870 e. The van der Waals surface area contributed by atoms with E-state index < -0.39 is 23.9 Å². The molecule has 1 atom stereocenters. The van der Waals surface area contributed by atoms with Gasteiger partial charge >= 0.3 is 36.8 Å². The van der Waals surface area contributed by atoms with Gasteiger partial charge in [-0.25, -0.2) is 24.8 Å². The Hall–Kier alpha value is -6.41. The zero-order valence-corrected chi connectivity index (χ0v) is 37.7. The number of Topliss-reactive ketones (excluding diaryl/α,β-unsaturated/α-hetero) is 1. The standard InChI is InChI=1S/C13H15N3O3.C11H11N3O3.C8H15NO4.C6H9N3O.C2H6.Li.H2O/c1-4-19-13(17)10-8-9(2)15-16(10)11-6-5-7-12(14-11)18-3;1-7-6-8(11(15)16)14(13-7)9-4-3-5-10(12-9)17-2;1-4-13-8(11)7(9-12-3)5-6(2)10;1-10-6-4-2-3-5(8-6)9-7;1-2;;/h5-8H,4H2,1-3H3;3-6H,1-2H3,(H,15,16);7,9H,4-5H2,1-3H3;2-4H,7H2,1H3,(H,8,9);1-2H3;;1H2/q;;;;;+1;/p-1. The molecule has 5 heterocycles. The van der Waals surface area contributed by atoms with Crippen LogP contribution >= 0.6 is 0 Å². The topological polar surface area (TPSA) is 298 Å². The summed E-state index contributed by atoms with van der Waals surface area (Å²) in [6, 6.07) is 18.1. The predicted octanol–water partition coefficient (Wildman–Crippen LogP) is 1.32. The van der Waals surface area contributed by atoms with Gasteiger partial charge in [-0.15, -0.1) is 0 Å². The van der Waals surface area contributed by atoms with Crippen molar-refractivity contribution in [3.05, 3.63) is 89.5 Å². The number of aromatic nitrogens is 7. The maximum atomic E-state index is 11.9. The Bertz CT molecular complexity index is 2100. The molecular formula is C40H57LiN10O12. The quantitative estimate of drug-likeness (QED) is 0.0499. The number of nitrogens with one attached hydrogen (secondary N) is 2. The number of aryl methyl sites for hydroxylation is 2. The minimum atomic E-state index is -1.05. The summed E-state index contributed by atoms with van der Waals surface area (Å²) in [5.41, 5.74) is 6.57. The molecule has 0 aromatic carbocycles. The summed E-state index contributed by atoms with van der Waals surface area (Å²) in [7, 11) is 5.97. The summed E-state index contributed by atoms with van der Waals surface area (Å²) in [6.45, 7) is 13.0. The normalized spacial score (nSPS) is 9.90. The second kappa shape index (κ2) is 32.3. The molecule has 1 unspecified atom stereocenters. The maximum Gasteiger partial charge on any atom is 1.00 e. The first-order valence-electron chi connectivity index (χ1n) is 18.7. The SMILES string of the molecule is CC.CCOC(=O)C(CC(C)=O)NOC.CCOC(=O)c1cc(C)nn1-c1cccc(OC)n1.COc1cccc(-n2nc(C)cc2C(=O)O)n1.COc1cccc(NN)n1.[Li+].[OH-]. The van der Waals surface area contributed by atoms with Crippen LogP contribution in [0.25, 0.3) is 11.6 Å². The van der Waals surface area contributed by atoms with Crippen LogP contribution in [0.2, 0.25) is 0 Å². The van der Waals surface area contributed by atoms with Crippen molar-refractivity contribution in [1.82, 2.24) is 40.0 Å². The van der Waals surface area contributed by atoms with Crippen molar-refractivity contribution in [3.8, 4) is 29.3 Å². The Morgan fingerprint density at radius 2 is 1.17 bits per heavy atom. The molecule has 5 aromatic rings. The monoisotopic (exact) mass is 876 g/mol. The molecule has 0 aliphatic carbocycles. The molecule has 6 N–H and O–H groups in total. The van der Waals surface area contributed by atoms with Crippen LogP contribution < -0.4 is 49.8 Å². The molecule has 23 heteroatoms. The van der Waals surface area contributed by atoms with Crippen molar-refractivity contribution in [3.63, 3.8) is 0 Å². The van der Waals surface area contributed by atoms with E-state index >= 15 is 0 Å². The number of carboxylic acids is 1. The molecule has 5 rings (SSSR count). The fraction of sp³-hybridized carbons (Fsp3) is 0.375. The summed E-state index contributed by atoms with van der Waals surface area (Å²) >= 11 is 0. The van der Waals surface area contributed by atoms with Gasteiger partial charge in [-0.05, 0) is 65.0 Å². The molecule has 340 valence electrons. The number of ether oxygens (including phenoxy) is 5. The fourth-order valence-corrected chi connectivity index (χ4v) is 4.58. The number of ketones is 1. The van der Waals surface area contributed by atoms with Gasteiger partial charge in [0.25, 0.3) is 0 Å². The van der Waals surface area contributed by atoms with Crippen LogP contribution in [0, 0.1) is 13.8 Å². The number of pyridine rings is 3. The number of aromatic carboxylic acids is 1. The number of anilines is 1. The summed E-state index contributed by atoms with van der Waals surface area (Å²) in [5, 5.41) is 17.4. The number of carbonyl (C=O) groups excluding carboxylic acids is 3. The van der Waals surface area contributed by atoms with E-state index in [1.54, 1.807) is 95.5 Å². The third-order valence-electron chi connectivity index (χ3n) is 7.04. The summed E-state index contributed by atoms with van der Waals surface area (Å²) in [5.74, 6) is 6.01. The minimum Gasteiger partial charge on any atom is -0.870 e. The second-order valence-corrected chi connectivity index (χ2v) is 11.5. The van der Waals surface area contributed by atoms with Crippen LogP contribution in [0.1, 0.15) is 73.4 Å². The maximum absolute atomic E-state index is 11.9. The van der Waals surface area contributed by atoms with Crippen molar-refractivity contribution in [2.75, 3.05) is 47.1 Å². The Labute approximate surface area is 378 Å². The van der Waals surface area contributed by atoms with Crippen LogP contribution in [-0.4, -0.2) is 116 Å². The first kappa shape index (κ1) is 58.7. The van der Waals surface area contributed by atoms with Crippen molar-refractivity contribution in [1.29, 1.82) is 0 Å². The van der Waals surface area contributed by atoms with Gasteiger partial charge in [-0.1, -0.05) is 32.0 Å². The number of hydroxylamine groups is 1. The average Bonchev–Trinajstić information content (AvgIpc) is 3.87. The van der Waals surface area contributed by atoms with E-state index in [1.807, 2.05) is 13.8 Å². The number of methoxy groups -OCH3 is 3. The van der Waals surface area contributed by atoms with Gasteiger partial charge in [-0.2, -0.15) is 30.6 Å². The number of hydrogen-bond donors (Lipinski definition) is 4. The van der Waals surface area contributed by atoms with Crippen LogP contribution in [0.5, 0.6) is 17.6 Å². The average molecular weight is 877 g/mol. The zero-order chi connectivity index (χ0) is 45.9. The van der Waals surface area contributed by atoms with E-state index in [-0.39, 0.29) is 42.2 Å². The van der Waals surface area contributed by atoms with Crippen LogP contribution in [-0.2, 0) is 23.9 Å². The molecular weight excluding hydrogens is 819 g/mol. The molecule has 0 radical (unpaired) electrons. The van der Waals surface area contributed by atoms with Crippen LogP contribution in [0.4, 0.5) is 5.82 Å². The molecule has 0 saturated heterocycles. The first-order chi connectivity index (χ1) is 29.2. The molecule has 5 aromatic heterocycles. The van der Waals surface area contributed by atoms with Crippen LogP contribution in [0.3, 0.4) is 0 Å². The van der Waals surface area contributed by atoms with E-state index in [4.69, 9.17) is 34.6 Å². The largest absolute Gasteiger partial charge is 1.00 e. The first-order valence-corrected chi connectivity index (χ1v) is 18.7. The molecule has 0 aliphatic heterocycles. The van der Waals surface area contributed by atoms with Crippen molar-refractivity contribution in [2.24, 2.45) is 5.84 Å². The van der Waals surface area contributed by atoms with Gasteiger partial charge in [-0.3, -0.25) is 9.59 Å². The van der Waals surface area contributed by atoms with Gasteiger partial charge in [0.05, 0.1) is 53.0 Å². The number of nitrogens with zero attached hydrogens (tertiary/aromatic N) is 7. The molecule has 63 heavy (non-hydrogen) atoms. The van der Waals surface area contributed by atoms with E-state index in [0.717, 1.165) is 0 Å². The van der Waals surface area contributed by atoms with Gasteiger partial charge in [0.15, 0.2) is 23.0 Å². The number of rotatable bonds is 15. The molecule has 0 saturated carbocycles. The number of nitrogens with two attached hydrogens (primary N) is 1.